The summed E-state index contributed by atoms with van der Waals surface area (Å²) in [4.78, 5) is 12.3. The van der Waals surface area contributed by atoms with Crippen LogP contribution in [0, 0.1) is 0 Å². The Hall–Kier alpha value is -1.05. The molecule has 2 heteroatoms. The highest BCUT2D eigenvalue weighted by molar-refractivity contribution is 5.29. The van der Waals surface area contributed by atoms with Gasteiger partial charge < -0.3 is 4.57 Å². The maximum Gasteiger partial charge on any atom is 0.253 e. The first-order valence-corrected chi connectivity index (χ1v) is 7.02. The van der Waals surface area contributed by atoms with Gasteiger partial charge in [-0.05, 0) is 50.2 Å². The molecule has 0 unspecified atom stereocenters. The van der Waals surface area contributed by atoms with Crippen molar-refractivity contribution in [2.24, 2.45) is 0 Å². The van der Waals surface area contributed by atoms with E-state index in [4.69, 9.17) is 0 Å². The number of hydrogen-bond acceptors (Lipinski definition) is 1. The number of hydrogen-bond donors (Lipinski definition) is 0. The van der Waals surface area contributed by atoms with E-state index in [2.05, 4.69) is 24.5 Å². The zero-order valence-corrected chi connectivity index (χ0v) is 11.1. The van der Waals surface area contributed by atoms with Crippen LogP contribution in [0.2, 0.25) is 0 Å². The molecule has 1 aliphatic carbocycles. The van der Waals surface area contributed by atoms with Crippen LogP contribution in [0.5, 0.6) is 0 Å². The fraction of sp³-hybridized carbons (Fsp3) is 0.667. The molecular formula is C15H23NO. The summed E-state index contributed by atoms with van der Waals surface area (Å²) >= 11 is 0. The Labute approximate surface area is 104 Å². The molecule has 1 aliphatic rings. The van der Waals surface area contributed by atoms with Crippen LogP contribution in [0.4, 0.5) is 0 Å². The van der Waals surface area contributed by atoms with E-state index >= 15 is 0 Å². The van der Waals surface area contributed by atoms with Crippen molar-refractivity contribution in [2.45, 2.75) is 65.3 Å². The van der Waals surface area contributed by atoms with E-state index in [-0.39, 0.29) is 5.56 Å². The Bertz CT molecular complexity index is 445. The molecule has 0 bridgehead atoms. The second-order valence-electron chi connectivity index (χ2n) is 5.01. The average molecular weight is 233 g/mol. The van der Waals surface area contributed by atoms with Crippen molar-refractivity contribution in [2.75, 3.05) is 0 Å². The fourth-order valence-electron chi connectivity index (χ4n) is 2.75. The lowest BCUT2D eigenvalue weighted by atomic mass is 9.94. The number of aryl methyl sites for hydroxylation is 2. The zero-order chi connectivity index (χ0) is 12.3. The van der Waals surface area contributed by atoms with E-state index < -0.39 is 0 Å². The normalized spacial score (nSPS) is 14.7. The molecule has 0 saturated heterocycles. The van der Waals surface area contributed by atoms with Crippen molar-refractivity contribution >= 4 is 0 Å². The monoisotopic (exact) mass is 233 g/mol. The summed E-state index contributed by atoms with van der Waals surface area (Å²) in [6, 6.07) is 2.17. The van der Waals surface area contributed by atoms with Gasteiger partial charge in [-0.25, -0.2) is 0 Å². The molecule has 0 radical (unpaired) electrons. The number of unbranched alkanes of at least 4 members (excludes halogenated alkanes) is 1. The molecule has 0 fully saturated rings. The Balaban J connectivity index is 2.48. The summed E-state index contributed by atoms with van der Waals surface area (Å²) in [5.74, 6) is 0. The lowest BCUT2D eigenvalue weighted by Crippen LogP contribution is -2.29. The second kappa shape index (κ2) is 5.52. The lowest BCUT2D eigenvalue weighted by molar-refractivity contribution is 0.544. The number of aromatic nitrogens is 1. The van der Waals surface area contributed by atoms with Crippen LogP contribution in [0.15, 0.2) is 10.9 Å². The molecule has 1 aromatic heterocycles. The lowest BCUT2D eigenvalue weighted by Gasteiger charge is -2.22. The van der Waals surface area contributed by atoms with Gasteiger partial charge in [-0.3, -0.25) is 4.79 Å². The summed E-state index contributed by atoms with van der Waals surface area (Å²) in [5.41, 5.74) is 4.03. The third-order valence-corrected chi connectivity index (χ3v) is 3.79. The maximum absolute atomic E-state index is 12.3. The van der Waals surface area contributed by atoms with Gasteiger partial charge in [-0.1, -0.05) is 20.3 Å². The molecule has 0 spiro atoms. The van der Waals surface area contributed by atoms with E-state index in [9.17, 15) is 4.79 Å². The molecule has 0 N–H and O–H groups in total. The van der Waals surface area contributed by atoms with Gasteiger partial charge in [0.2, 0.25) is 0 Å². The van der Waals surface area contributed by atoms with E-state index in [1.165, 1.54) is 24.1 Å². The first kappa shape index (κ1) is 12.4. The minimum atomic E-state index is 0.265. The highest BCUT2D eigenvalue weighted by atomic mass is 16.1. The first-order valence-electron chi connectivity index (χ1n) is 7.02. The Morgan fingerprint density at radius 2 is 2.00 bits per heavy atom. The quantitative estimate of drug-likeness (QED) is 0.783. The number of rotatable bonds is 4. The molecule has 2 nitrogen and oxygen atoms in total. The highest BCUT2D eigenvalue weighted by Crippen LogP contribution is 2.21. The van der Waals surface area contributed by atoms with Crippen LogP contribution < -0.4 is 5.56 Å². The molecule has 0 atom stereocenters. The third kappa shape index (κ3) is 2.46. The van der Waals surface area contributed by atoms with Crippen LogP contribution >= 0.6 is 0 Å². The van der Waals surface area contributed by atoms with Crippen LogP contribution in [0.1, 0.15) is 56.4 Å². The SMILES string of the molecule is CCCCn1c2c(cc(CC)c1=O)CCCC2. The van der Waals surface area contributed by atoms with Crippen molar-refractivity contribution in [3.8, 4) is 0 Å². The van der Waals surface area contributed by atoms with Gasteiger partial charge in [-0.15, -0.1) is 0 Å². The van der Waals surface area contributed by atoms with Gasteiger partial charge in [0.1, 0.15) is 0 Å². The van der Waals surface area contributed by atoms with Crippen molar-refractivity contribution in [1.82, 2.24) is 4.57 Å². The number of fused-ring (bicyclic) bond motifs is 1. The predicted molar refractivity (Wildman–Crippen MR) is 71.6 cm³/mol. The van der Waals surface area contributed by atoms with Gasteiger partial charge in [0, 0.05) is 17.8 Å². The minimum absolute atomic E-state index is 0.265. The molecule has 94 valence electrons. The van der Waals surface area contributed by atoms with Crippen LogP contribution in [0.25, 0.3) is 0 Å². The van der Waals surface area contributed by atoms with Crippen LogP contribution in [0.3, 0.4) is 0 Å². The predicted octanol–water partition coefficient (Wildman–Crippen LogP) is 3.09. The fourth-order valence-corrected chi connectivity index (χ4v) is 2.75. The summed E-state index contributed by atoms with van der Waals surface area (Å²) in [5, 5.41) is 0. The van der Waals surface area contributed by atoms with E-state index in [1.807, 2.05) is 0 Å². The Morgan fingerprint density at radius 3 is 2.71 bits per heavy atom. The van der Waals surface area contributed by atoms with Gasteiger partial charge in [-0.2, -0.15) is 0 Å². The van der Waals surface area contributed by atoms with E-state index in [0.717, 1.165) is 44.2 Å². The summed E-state index contributed by atoms with van der Waals surface area (Å²) < 4.78 is 2.07. The number of nitrogens with zero attached hydrogens (tertiary/aromatic N) is 1. The summed E-state index contributed by atoms with van der Waals surface area (Å²) in [6.45, 7) is 5.17. The van der Waals surface area contributed by atoms with Gasteiger partial charge in [0.05, 0.1) is 0 Å². The molecule has 2 rings (SSSR count). The molecule has 0 amide bonds. The molecule has 0 saturated carbocycles. The molecule has 1 heterocycles. The maximum atomic E-state index is 12.3. The number of pyridine rings is 1. The van der Waals surface area contributed by atoms with Crippen molar-refractivity contribution in [3.05, 3.63) is 33.2 Å². The topological polar surface area (TPSA) is 22.0 Å². The average Bonchev–Trinajstić information content (AvgIpc) is 2.37. The van der Waals surface area contributed by atoms with Crippen LogP contribution in [-0.2, 0) is 25.8 Å². The van der Waals surface area contributed by atoms with Crippen molar-refractivity contribution in [1.29, 1.82) is 0 Å². The van der Waals surface area contributed by atoms with E-state index in [1.54, 1.807) is 0 Å². The Morgan fingerprint density at radius 1 is 1.24 bits per heavy atom. The third-order valence-electron chi connectivity index (χ3n) is 3.79. The first-order chi connectivity index (χ1) is 8.27. The highest BCUT2D eigenvalue weighted by Gasteiger charge is 2.16. The largest absolute Gasteiger partial charge is 0.312 e. The van der Waals surface area contributed by atoms with Crippen molar-refractivity contribution in [3.63, 3.8) is 0 Å². The van der Waals surface area contributed by atoms with E-state index in [0.29, 0.717) is 0 Å². The molecule has 0 aromatic carbocycles. The van der Waals surface area contributed by atoms with Gasteiger partial charge in [0.15, 0.2) is 0 Å². The summed E-state index contributed by atoms with van der Waals surface area (Å²) in [7, 11) is 0. The second-order valence-corrected chi connectivity index (χ2v) is 5.01. The Kier molecular flexibility index (Phi) is 4.03. The van der Waals surface area contributed by atoms with Crippen LogP contribution in [-0.4, -0.2) is 4.57 Å². The molecule has 1 aromatic rings. The molecule has 0 aliphatic heterocycles. The summed E-state index contributed by atoms with van der Waals surface area (Å²) in [6.07, 6.45) is 7.90. The standard InChI is InChI=1S/C15H23NO/c1-3-5-10-16-14-9-7-6-8-13(14)11-12(4-2)15(16)17/h11H,3-10H2,1-2H3. The smallest absolute Gasteiger partial charge is 0.253 e. The van der Waals surface area contributed by atoms with Gasteiger partial charge >= 0.3 is 0 Å². The molecular weight excluding hydrogens is 210 g/mol. The molecule has 17 heavy (non-hydrogen) atoms. The van der Waals surface area contributed by atoms with Crippen molar-refractivity contribution < 1.29 is 0 Å². The van der Waals surface area contributed by atoms with Gasteiger partial charge in [0.25, 0.3) is 5.56 Å². The minimum Gasteiger partial charge on any atom is -0.312 e. The zero-order valence-electron chi connectivity index (χ0n) is 11.1.